The van der Waals surface area contributed by atoms with E-state index in [0.29, 0.717) is 10.7 Å². The predicted molar refractivity (Wildman–Crippen MR) is 140 cm³/mol. The van der Waals surface area contributed by atoms with Gasteiger partial charge in [-0.05, 0) is 34.4 Å². The first kappa shape index (κ1) is 23.8. The van der Waals surface area contributed by atoms with Gasteiger partial charge in [0.15, 0.2) is 0 Å². The molecule has 5 nitrogen and oxygen atoms in total. The largest absolute Gasteiger partial charge is 0.325 e. The highest BCUT2D eigenvalue weighted by atomic mass is 35.5. The molecule has 3 amide bonds. The Kier molecular flexibility index (Phi) is 5.44. The van der Waals surface area contributed by atoms with Gasteiger partial charge in [-0.25, -0.2) is 0 Å². The molecular formula is C27H18Cl4N2O3. The normalized spacial score (nSPS) is 27.5. The van der Waals surface area contributed by atoms with Crippen molar-refractivity contribution in [1.82, 2.24) is 4.90 Å². The van der Waals surface area contributed by atoms with Crippen LogP contribution in [0.3, 0.4) is 0 Å². The Labute approximate surface area is 227 Å². The summed E-state index contributed by atoms with van der Waals surface area (Å²) in [5, 5.41) is 3.20. The quantitative estimate of drug-likeness (QED) is 0.319. The number of carbonyl (C=O) groups excluding carboxylic acids is 3. The number of anilines is 1. The number of hydrogen-bond donors (Lipinski definition) is 1. The second-order valence-corrected chi connectivity index (χ2v) is 11.2. The number of nitrogens with zero attached hydrogens (tertiary/aromatic N) is 1. The molecule has 4 aliphatic rings. The van der Waals surface area contributed by atoms with Crippen LogP contribution in [0.2, 0.25) is 10.0 Å². The third-order valence-corrected chi connectivity index (χ3v) is 9.57. The topological polar surface area (TPSA) is 66.5 Å². The third kappa shape index (κ3) is 3.00. The minimum Gasteiger partial charge on any atom is -0.325 e. The Morgan fingerprint density at radius 2 is 1.25 bits per heavy atom. The summed E-state index contributed by atoms with van der Waals surface area (Å²) >= 11 is 26.9. The predicted octanol–water partition coefficient (Wildman–Crippen LogP) is 5.92. The van der Waals surface area contributed by atoms with Crippen LogP contribution in [0, 0.1) is 11.8 Å². The number of rotatable bonds is 4. The summed E-state index contributed by atoms with van der Waals surface area (Å²) in [6.45, 7) is -0.110. The molecule has 0 radical (unpaired) electrons. The monoisotopic (exact) mass is 558 g/mol. The van der Waals surface area contributed by atoms with Gasteiger partial charge in [0.25, 0.3) is 0 Å². The summed E-state index contributed by atoms with van der Waals surface area (Å²) in [5.74, 6) is -3.05. The Bertz CT molecular complexity index is 1350. The number of nitrogens with one attached hydrogen (secondary N) is 1. The fourth-order valence-electron chi connectivity index (χ4n) is 5.97. The number of hydrogen-bond acceptors (Lipinski definition) is 3. The number of alkyl halides is 2. The molecule has 2 bridgehead atoms. The van der Waals surface area contributed by atoms with Crippen LogP contribution >= 0.6 is 46.4 Å². The van der Waals surface area contributed by atoms with Gasteiger partial charge in [0, 0.05) is 13.0 Å². The summed E-state index contributed by atoms with van der Waals surface area (Å²) in [4.78, 5) is 38.8. The zero-order chi connectivity index (χ0) is 25.4. The van der Waals surface area contributed by atoms with E-state index in [2.05, 4.69) is 5.32 Å². The van der Waals surface area contributed by atoms with E-state index in [1.165, 1.54) is 0 Å². The van der Waals surface area contributed by atoms with Crippen molar-refractivity contribution in [3.63, 3.8) is 0 Å². The average molecular weight is 560 g/mol. The third-order valence-electron chi connectivity index (χ3n) is 7.46. The zero-order valence-corrected chi connectivity index (χ0v) is 21.6. The summed E-state index contributed by atoms with van der Waals surface area (Å²) in [6.07, 6.45) is -0.121. The molecule has 1 heterocycles. The average Bonchev–Trinajstić information content (AvgIpc) is 3.14. The van der Waals surface area contributed by atoms with E-state index in [0.717, 1.165) is 27.2 Å². The Morgan fingerprint density at radius 1 is 0.778 bits per heavy atom. The van der Waals surface area contributed by atoms with E-state index in [9.17, 15) is 14.4 Å². The zero-order valence-electron chi connectivity index (χ0n) is 18.6. The van der Waals surface area contributed by atoms with Gasteiger partial charge in [0.05, 0.1) is 27.6 Å². The molecule has 3 aromatic carbocycles. The molecule has 182 valence electrons. The Morgan fingerprint density at radius 3 is 1.72 bits per heavy atom. The number of benzene rings is 3. The molecule has 1 saturated heterocycles. The van der Waals surface area contributed by atoms with Gasteiger partial charge in [0.1, 0.15) is 9.75 Å². The van der Waals surface area contributed by atoms with Gasteiger partial charge in [-0.1, -0.05) is 77.8 Å². The van der Waals surface area contributed by atoms with Crippen molar-refractivity contribution in [3.8, 4) is 0 Å². The van der Waals surface area contributed by atoms with Gasteiger partial charge < -0.3 is 5.32 Å². The highest BCUT2D eigenvalue weighted by molar-refractivity contribution is 6.44. The SMILES string of the molecule is O=C(CCN1C(=O)[C@@H]2[C@@H](C1=O)C1(Cl)c3ccccc3C2(Cl)c2ccccc21)Nc1cccc(Cl)c1Cl. The van der Waals surface area contributed by atoms with Gasteiger partial charge >= 0.3 is 0 Å². The number of likely N-dealkylation sites (tertiary alicyclic amines) is 1. The van der Waals surface area contributed by atoms with E-state index >= 15 is 0 Å². The van der Waals surface area contributed by atoms with Crippen LogP contribution < -0.4 is 5.32 Å². The van der Waals surface area contributed by atoms with Gasteiger partial charge in [-0.15, -0.1) is 23.2 Å². The van der Waals surface area contributed by atoms with Gasteiger partial charge in [-0.3, -0.25) is 19.3 Å². The van der Waals surface area contributed by atoms with Crippen molar-refractivity contribution in [2.24, 2.45) is 11.8 Å². The molecule has 0 aromatic heterocycles. The van der Waals surface area contributed by atoms with Crippen molar-refractivity contribution in [3.05, 3.63) is 99.0 Å². The van der Waals surface area contributed by atoms with E-state index < -0.39 is 39.3 Å². The van der Waals surface area contributed by atoms with E-state index in [-0.39, 0.29) is 18.0 Å². The maximum atomic E-state index is 13.8. The van der Waals surface area contributed by atoms with Crippen molar-refractivity contribution < 1.29 is 14.4 Å². The lowest BCUT2D eigenvalue weighted by atomic mass is 9.54. The lowest BCUT2D eigenvalue weighted by Gasteiger charge is -2.54. The summed E-state index contributed by atoms with van der Waals surface area (Å²) < 4.78 is 0. The van der Waals surface area contributed by atoms with Gasteiger partial charge in [-0.2, -0.15) is 0 Å². The smallest absolute Gasteiger partial charge is 0.235 e. The Balaban J connectivity index is 1.34. The first-order chi connectivity index (χ1) is 17.2. The summed E-state index contributed by atoms with van der Waals surface area (Å²) in [7, 11) is 0. The molecule has 2 atom stereocenters. The fraction of sp³-hybridized carbons (Fsp3) is 0.222. The van der Waals surface area contributed by atoms with Crippen LogP contribution in [0.4, 0.5) is 5.69 Å². The molecule has 1 aliphatic heterocycles. The van der Waals surface area contributed by atoms with Gasteiger partial charge in [0.2, 0.25) is 17.7 Å². The lowest BCUT2D eigenvalue weighted by Crippen LogP contribution is -2.57. The standard InChI is InChI=1S/C27H18Cl4N2O3/c28-18-10-5-11-19(23(18)29)32-20(34)12-13-33-24(35)21-22(25(33)36)27(31)15-7-2-1-6-14(15)26(21,30)16-8-3-4-9-17(16)27/h1-11,21-22H,12-13H2,(H,32,34)/t21-,22-,26?,27?/m0/s1. The molecule has 1 fully saturated rings. The lowest BCUT2D eigenvalue weighted by molar-refractivity contribution is -0.140. The molecule has 9 heteroatoms. The minimum absolute atomic E-state index is 0.110. The highest BCUT2D eigenvalue weighted by Gasteiger charge is 2.72. The molecule has 0 unspecified atom stereocenters. The molecule has 36 heavy (non-hydrogen) atoms. The second kappa shape index (κ2) is 8.22. The first-order valence-electron chi connectivity index (χ1n) is 11.4. The van der Waals surface area contributed by atoms with Crippen LogP contribution in [-0.2, 0) is 24.1 Å². The molecule has 7 rings (SSSR count). The van der Waals surface area contributed by atoms with Crippen molar-refractivity contribution in [2.75, 3.05) is 11.9 Å². The molecule has 1 N–H and O–H groups in total. The molecule has 0 spiro atoms. The molecule has 3 aliphatic carbocycles. The summed E-state index contributed by atoms with van der Waals surface area (Å²) in [6, 6.07) is 19.8. The van der Waals surface area contributed by atoms with Crippen molar-refractivity contribution in [2.45, 2.75) is 16.2 Å². The molecular weight excluding hydrogens is 542 g/mol. The molecule has 0 saturated carbocycles. The fourth-order valence-corrected chi connectivity index (χ4v) is 7.42. The number of amides is 3. The maximum absolute atomic E-state index is 13.8. The van der Waals surface area contributed by atoms with Crippen LogP contribution in [0.15, 0.2) is 66.7 Å². The van der Waals surface area contributed by atoms with Crippen LogP contribution in [0.5, 0.6) is 0 Å². The van der Waals surface area contributed by atoms with Crippen LogP contribution in [0.1, 0.15) is 28.7 Å². The second-order valence-electron chi connectivity index (χ2n) is 9.20. The highest BCUT2D eigenvalue weighted by Crippen LogP contribution is 2.69. The summed E-state index contributed by atoms with van der Waals surface area (Å²) in [5.41, 5.74) is 3.29. The van der Waals surface area contributed by atoms with Crippen molar-refractivity contribution in [1.29, 1.82) is 0 Å². The molecule has 3 aromatic rings. The van der Waals surface area contributed by atoms with Crippen LogP contribution in [0.25, 0.3) is 0 Å². The van der Waals surface area contributed by atoms with E-state index in [1.54, 1.807) is 18.2 Å². The van der Waals surface area contributed by atoms with E-state index in [1.807, 2.05) is 48.5 Å². The number of carbonyl (C=O) groups is 3. The maximum Gasteiger partial charge on any atom is 0.235 e. The van der Waals surface area contributed by atoms with Crippen LogP contribution in [-0.4, -0.2) is 29.2 Å². The number of halogens is 4. The van der Waals surface area contributed by atoms with E-state index in [4.69, 9.17) is 46.4 Å². The minimum atomic E-state index is -1.24. The van der Waals surface area contributed by atoms with Crippen molar-refractivity contribution >= 4 is 69.8 Å². The number of imide groups is 1. The Hall–Kier alpha value is -2.57. The first-order valence-corrected chi connectivity index (χ1v) is 12.9.